The Morgan fingerprint density at radius 2 is 1.81 bits per heavy atom. The fraction of sp³-hybridized carbons (Fsp3) is 0.524. The van der Waals surface area contributed by atoms with E-state index in [9.17, 15) is 19.2 Å². The van der Waals surface area contributed by atoms with Crippen LogP contribution in [0.4, 0.5) is 5.69 Å². The zero-order chi connectivity index (χ0) is 19.6. The molecule has 1 amide bonds. The molecule has 5 nitrogen and oxygen atoms in total. The zero-order valence-electron chi connectivity index (χ0n) is 16.2. The molecule has 0 saturated carbocycles. The van der Waals surface area contributed by atoms with Gasteiger partial charge in [-0.05, 0) is 30.4 Å². The van der Waals surface area contributed by atoms with E-state index in [-0.39, 0.29) is 41.5 Å². The van der Waals surface area contributed by atoms with Crippen molar-refractivity contribution in [1.29, 1.82) is 0 Å². The predicted octanol–water partition coefficient (Wildman–Crippen LogP) is 3.48. The largest absolute Gasteiger partial charge is 0.312 e. The molecule has 0 saturated heterocycles. The maximum Gasteiger partial charge on any atom is 0.223 e. The van der Waals surface area contributed by atoms with Crippen molar-refractivity contribution in [2.24, 2.45) is 5.92 Å². The van der Waals surface area contributed by atoms with Crippen LogP contribution in [0.1, 0.15) is 69.8 Å². The van der Waals surface area contributed by atoms with E-state index in [1.807, 2.05) is 6.07 Å². The quantitative estimate of drug-likeness (QED) is 0.577. The van der Waals surface area contributed by atoms with Gasteiger partial charge in [-0.15, -0.1) is 0 Å². The van der Waals surface area contributed by atoms with Gasteiger partial charge in [0.1, 0.15) is 11.6 Å². The van der Waals surface area contributed by atoms with E-state index in [1.54, 1.807) is 24.0 Å². The number of ketones is 3. The molecule has 0 spiro atoms. The molecule has 1 aliphatic rings. The molecule has 5 heteroatoms. The van der Waals surface area contributed by atoms with Gasteiger partial charge < -0.3 is 4.90 Å². The maximum absolute atomic E-state index is 12.7. The van der Waals surface area contributed by atoms with Crippen LogP contribution in [0.2, 0.25) is 0 Å². The monoisotopic (exact) mass is 357 g/mol. The van der Waals surface area contributed by atoms with E-state index in [0.29, 0.717) is 12.1 Å². The summed E-state index contributed by atoms with van der Waals surface area (Å²) in [6, 6.07) is 5.36. The minimum Gasteiger partial charge on any atom is -0.312 e. The lowest BCUT2D eigenvalue weighted by atomic mass is 9.77. The highest BCUT2D eigenvalue weighted by Gasteiger charge is 2.33. The molecule has 2 rings (SSSR count). The van der Waals surface area contributed by atoms with Gasteiger partial charge in [-0.1, -0.05) is 32.9 Å². The Morgan fingerprint density at radius 1 is 1.15 bits per heavy atom. The molecule has 0 N–H and O–H groups in total. The molecular weight excluding hydrogens is 330 g/mol. The van der Waals surface area contributed by atoms with Gasteiger partial charge in [0.15, 0.2) is 5.78 Å². The molecule has 0 bridgehead atoms. The Hall–Kier alpha value is -2.30. The van der Waals surface area contributed by atoms with Crippen molar-refractivity contribution in [3.63, 3.8) is 0 Å². The van der Waals surface area contributed by atoms with Crippen LogP contribution in [0.5, 0.6) is 0 Å². The zero-order valence-corrected chi connectivity index (χ0v) is 16.2. The lowest BCUT2D eigenvalue weighted by molar-refractivity contribution is -0.131. The first kappa shape index (κ1) is 20.0. The summed E-state index contributed by atoms with van der Waals surface area (Å²) in [7, 11) is 0. The Balaban J connectivity index is 2.38. The topological polar surface area (TPSA) is 71.5 Å². The second kappa shape index (κ2) is 7.52. The molecule has 0 radical (unpaired) electrons. The third-order valence-electron chi connectivity index (χ3n) is 5.30. The van der Waals surface area contributed by atoms with Gasteiger partial charge in [-0.2, -0.15) is 0 Å². The van der Waals surface area contributed by atoms with Gasteiger partial charge in [0.05, 0.1) is 5.92 Å². The van der Waals surface area contributed by atoms with E-state index in [0.717, 1.165) is 17.7 Å². The highest BCUT2D eigenvalue weighted by molar-refractivity contribution is 6.08. The van der Waals surface area contributed by atoms with Crippen molar-refractivity contribution in [3.05, 3.63) is 29.3 Å². The molecule has 0 aromatic heterocycles. The van der Waals surface area contributed by atoms with Crippen molar-refractivity contribution in [1.82, 2.24) is 0 Å². The average molecular weight is 357 g/mol. The number of carbonyl (C=O) groups excluding carboxylic acids is 4. The van der Waals surface area contributed by atoms with E-state index < -0.39 is 5.92 Å². The van der Waals surface area contributed by atoms with Gasteiger partial charge in [0.25, 0.3) is 0 Å². The van der Waals surface area contributed by atoms with Crippen LogP contribution >= 0.6 is 0 Å². The van der Waals surface area contributed by atoms with E-state index >= 15 is 0 Å². The Bertz CT molecular complexity index is 763. The molecule has 1 aromatic carbocycles. The van der Waals surface area contributed by atoms with Crippen molar-refractivity contribution < 1.29 is 19.2 Å². The number of amides is 1. The van der Waals surface area contributed by atoms with Crippen LogP contribution < -0.4 is 4.90 Å². The number of nitrogens with zero attached hydrogens (tertiary/aromatic N) is 1. The third-order valence-corrected chi connectivity index (χ3v) is 5.30. The number of Topliss-reactive ketones (excluding diaryl/α,β-unsaturated/α-hetero) is 3. The summed E-state index contributed by atoms with van der Waals surface area (Å²) in [5, 5.41) is 0. The molecule has 1 unspecified atom stereocenters. The first-order valence-corrected chi connectivity index (χ1v) is 9.07. The second-order valence-corrected chi connectivity index (χ2v) is 7.65. The van der Waals surface area contributed by atoms with Crippen LogP contribution in [0, 0.1) is 5.92 Å². The predicted molar refractivity (Wildman–Crippen MR) is 101 cm³/mol. The van der Waals surface area contributed by atoms with Crippen molar-refractivity contribution in [2.75, 3.05) is 11.4 Å². The van der Waals surface area contributed by atoms with Gasteiger partial charge in [-0.25, -0.2) is 0 Å². The average Bonchev–Trinajstić information content (AvgIpc) is 2.57. The minimum atomic E-state index is -0.885. The van der Waals surface area contributed by atoms with Gasteiger partial charge in [-0.3, -0.25) is 19.2 Å². The van der Waals surface area contributed by atoms with Gasteiger partial charge in [0, 0.05) is 37.6 Å². The first-order valence-electron chi connectivity index (χ1n) is 9.07. The highest BCUT2D eigenvalue weighted by atomic mass is 16.2. The number of anilines is 1. The maximum atomic E-state index is 12.7. The van der Waals surface area contributed by atoms with Crippen molar-refractivity contribution in [3.8, 4) is 0 Å². The SMILES string of the molecule is CCC(=O)C(CC(=O)c1ccc2c(c1)N(C(C)=O)CCC2(C)C)C(C)=O. The third kappa shape index (κ3) is 3.92. The molecule has 1 atom stereocenters. The number of rotatable bonds is 6. The van der Waals surface area contributed by atoms with Crippen molar-refractivity contribution >= 4 is 28.9 Å². The molecule has 0 fully saturated rings. The Kier molecular flexibility index (Phi) is 5.79. The van der Waals surface area contributed by atoms with Crippen LogP contribution in [0.25, 0.3) is 0 Å². The van der Waals surface area contributed by atoms with Crippen molar-refractivity contribution in [2.45, 2.75) is 59.3 Å². The molecule has 140 valence electrons. The first-order chi connectivity index (χ1) is 12.1. The molecule has 1 aromatic rings. The number of carbonyl (C=O) groups is 4. The summed E-state index contributed by atoms with van der Waals surface area (Å²) in [6.07, 6.45) is 0.961. The van der Waals surface area contributed by atoms with Crippen LogP contribution in [0.15, 0.2) is 18.2 Å². The number of benzene rings is 1. The van der Waals surface area contributed by atoms with E-state index in [4.69, 9.17) is 0 Å². The minimum absolute atomic E-state index is 0.0610. The fourth-order valence-electron chi connectivity index (χ4n) is 3.51. The second-order valence-electron chi connectivity index (χ2n) is 7.65. The van der Waals surface area contributed by atoms with Gasteiger partial charge >= 0.3 is 0 Å². The summed E-state index contributed by atoms with van der Waals surface area (Å²) >= 11 is 0. The summed E-state index contributed by atoms with van der Waals surface area (Å²) < 4.78 is 0. The van der Waals surface area contributed by atoms with Crippen LogP contribution in [0.3, 0.4) is 0 Å². The van der Waals surface area contributed by atoms with Gasteiger partial charge in [0.2, 0.25) is 5.91 Å². The number of fused-ring (bicyclic) bond motifs is 1. The standard InChI is InChI=1S/C21H27NO4/c1-6-19(25)16(13(2)23)12-20(26)15-7-8-17-18(11-15)22(14(3)24)10-9-21(17,4)5/h7-8,11,16H,6,9-10,12H2,1-5H3. The highest BCUT2D eigenvalue weighted by Crippen LogP contribution is 2.40. The Morgan fingerprint density at radius 3 is 2.35 bits per heavy atom. The fourth-order valence-corrected chi connectivity index (χ4v) is 3.51. The lowest BCUT2D eigenvalue weighted by Gasteiger charge is -2.39. The molecule has 1 aliphatic heterocycles. The summed E-state index contributed by atoms with van der Waals surface area (Å²) in [5.74, 6) is -1.69. The molecule has 1 heterocycles. The normalized spacial score (nSPS) is 16.6. The van der Waals surface area contributed by atoms with E-state index in [2.05, 4.69) is 13.8 Å². The molecule has 0 aliphatic carbocycles. The van der Waals surface area contributed by atoms with E-state index in [1.165, 1.54) is 13.8 Å². The smallest absolute Gasteiger partial charge is 0.223 e. The Labute approximate surface area is 154 Å². The van der Waals surface area contributed by atoms with Crippen LogP contribution in [-0.4, -0.2) is 29.8 Å². The summed E-state index contributed by atoms with van der Waals surface area (Å²) in [4.78, 5) is 50.1. The number of hydrogen-bond donors (Lipinski definition) is 0. The van der Waals surface area contributed by atoms with Crippen LogP contribution in [-0.2, 0) is 19.8 Å². The molecule has 26 heavy (non-hydrogen) atoms. The molecular formula is C21H27NO4. The lowest BCUT2D eigenvalue weighted by Crippen LogP contribution is -2.40. The number of hydrogen-bond acceptors (Lipinski definition) is 4. The summed E-state index contributed by atoms with van der Waals surface area (Å²) in [5.41, 5.74) is 2.13. The summed E-state index contributed by atoms with van der Waals surface area (Å²) in [6.45, 7) is 9.40.